The lowest BCUT2D eigenvalue weighted by molar-refractivity contribution is 0.0651. The number of carbonyl (C=O) groups excluding carboxylic acids is 2. The Hall–Kier alpha value is -2.44. The van der Waals surface area contributed by atoms with Crippen molar-refractivity contribution in [1.82, 2.24) is 4.90 Å². The van der Waals surface area contributed by atoms with Gasteiger partial charge in [0.25, 0.3) is 11.8 Å². The molecule has 2 amide bonds. The van der Waals surface area contributed by atoms with Crippen molar-refractivity contribution >= 4 is 43.7 Å². The number of hydrogen-bond acceptors (Lipinski definition) is 3. The molecule has 1 aliphatic heterocycles. The number of carbonyl (C=O) groups is 2. The van der Waals surface area contributed by atoms with Gasteiger partial charge in [0.15, 0.2) is 0 Å². The predicted molar refractivity (Wildman–Crippen MR) is 152 cm³/mol. The number of amides is 2. The average molecular weight is 613 g/mol. The Bertz CT molecular complexity index is 1140. The van der Waals surface area contributed by atoms with E-state index in [1.54, 1.807) is 12.1 Å². The van der Waals surface area contributed by atoms with Gasteiger partial charge >= 0.3 is 0 Å². The molecule has 0 saturated heterocycles. The molecule has 0 aromatic heterocycles. The van der Waals surface area contributed by atoms with E-state index in [9.17, 15) is 9.59 Å². The van der Waals surface area contributed by atoms with Gasteiger partial charge in [-0.1, -0.05) is 94.7 Å². The van der Waals surface area contributed by atoms with Gasteiger partial charge in [0, 0.05) is 15.5 Å². The van der Waals surface area contributed by atoms with Gasteiger partial charge in [-0.15, -0.1) is 0 Å². The van der Waals surface area contributed by atoms with Gasteiger partial charge in [0.1, 0.15) is 5.75 Å². The van der Waals surface area contributed by atoms with Crippen LogP contribution in [0.3, 0.4) is 0 Å². The number of hydrogen-bond donors (Lipinski definition) is 0. The van der Waals surface area contributed by atoms with Crippen LogP contribution in [0.5, 0.6) is 5.75 Å². The summed E-state index contributed by atoms with van der Waals surface area (Å²) in [7, 11) is 0. The van der Waals surface area contributed by atoms with Crippen molar-refractivity contribution in [2.24, 2.45) is 0 Å². The number of unbranched alkanes of at least 4 members (excludes halogenated alkanes) is 7. The highest BCUT2D eigenvalue weighted by Gasteiger charge is 2.34. The molecule has 3 aromatic carbocycles. The minimum atomic E-state index is -0.147. The minimum Gasteiger partial charge on any atom is -0.494 e. The maximum atomic E-state index is 12.4. The van der Waals surface area contributed by atoms with Crippen LogP contribution in [0.1, 0.15) is 72.1 Å². The predicted octanol–water partition coefficient (Wildman–Crippen LogP) is 8.67. The number of halogens is 2. The van der Waals surface area contributed by atoms with E-state index in [4.69, 9.17) is 4.74 Å². The number of ether oxygens (including phenoxy) is 1. The van der Waals surface area contributed by atoms with Crippen LogP contribution in [0, 0.1) is 0 Å². The standard InChI is InChI=1S/C30H31Br2NO3/c31-24-19-23(20-25(32)21-24)22-13-15-26(16-14-22)36-18-10-6-4-2-1-3-5-9-17-33-29(34)27-11-7-8-12-28(27)30(33)35/h7-8,11-16,19-21H,1-6,9-10,17-18H2. The third-order valence-electron chi connectivity index (χ3n) is 6.47. The SMILES string of the molecule is O=C1c2ccccc2C(=O)N1CCCCCCCCCCOc1ccc(-c2cc(Br)cc(Br)c2)cc1. The highest BCUT2D eigenvalue weighted by atomic mass is 79.9. The van der Waals surface area contributed by atoms with Gasteiger partial charge in [-0.25, -0.2) is 0 Å². The smallest absolute Gasteiger partial charge is 0.261 e. The molecular formula is C30H31Br2NO3. The fourth-order valence-corrected chi connectivity index (χ4v) is 5.82. The monoisotopic (exact) mass is 611 g/mol. The van der Waals surface area contributed by atoms with Crippen LogP contribution in [-0.4, -0.2) is 29.9 Å². The fourth-order valence-electron chi connectivity index (χ4n) is 4.53. The lowest BCUT2D eigenvalue weighted by Crippen LogP contribution is -2.30. The largest absolute Gasteiger partial charge is 0.494 e. The van der Waals surface area contributed by atoms with Crippen LogP contribution in [0.4, 0.5) is 0 Å². The van der Waals surface area contributed by atoms with E-state index in [0.717, 1.165) is 58.1 Å². The molecule has 0 aliphatic carbocycles. The third-order valence-corrected chi connectivity index (χ3v) is 7.39. The van der Waals surface area contributed by atoms with E-state index >= 15 is 0 Å². The molecule has 0 saturated carbocycles. The lowest BCUT2D eigenvalue weighted by Gasteiger charge is -2.13. The summed E-state index contributed by atoms with van der Waals surface area (Å²) in [5, 5.41) is 0. The fraction of sp³-hybridized carbons (Fsp3) is 0.333. The Balaban J connectivity index is 1.03. The zero-order chi connectivity index (χ0) is 25.3. The number of imide groups is 1. The molecule has 0 spiro atoms. The Morgan fingerprint density at radius 1 is 0.611 bits per heavy atom. The molecule has 1 aliphatic rings. The van der Waals surface area contributed by atoms with Crippen molar-refractivity contribution in [3.05, 3.63) is 86.8 Å². The van der Waals surface area contributed by atoms with E-state index in [0.29, 0.717) is 17.7 Å². The number of nitrogens with zero attached hydrogens (tertiary/aromatic N) is 1. The first-order chi connectivity index (χ1) is 17.5. The second kappa shape index (κ2) is 13.2. The Morgan fingerprint density at radius 2 is 1.14 bits per heavy atom. The van der Waals surface area contributed by atoms with Crippen molar-refractivity contribution in [3.8, 4) is 16.9 Å². The summed E-state index contributed by atoms with van der Waals surface area (Å²) >= 11 is 7.09. The maximum Gasteiger partial charge on any atom is 0.261 e. The molecule has 3 aromatic rings. The summed E-state index contributed by atoms with van der Waals surface area (Å²) in [4.78, 5) is 26.2. The van der Waals surface area contributed by atoms with Gasteiger partial charge in [-0.2, -0.15) is 0 Å². The molecule has 1 heterocycles. The van der Waals surface area contributed by atoms with Gasteiger partial charge in [-0.05, 0) is 66.4 Å². The first kappa shape index (κ1) is 26.6. The van der Waals surface area contributed by atoms with Gasteiger partial charge in [0.05, 0.1) is 17.7 Å². The maximum absolute atomic E-state index is 12.4. The Labute approximate surface area is 230 Å². The molecule has 0 radical (unpaired) electrons. The Kier molecular flexibility index (Phi) is 9.76. The molecular weight excluding hydrogens is 582 g/mol. The van der Waals surface area contributed by atoms with Crippen LogP contribution < -0.4 is 4.74 Å². The normalized spacial score (nSPS) is 12.8. The van der Waals surface area contributed by atoms with E-state index in [2.05, 4.69) is 56.1 Å². The van der Waals surface area contributed by atoms with Crippen molar-refractivity contribution in [1.29, 1.82) is 0 Å². The average Bonchev–Trinajstić information content (AvgIpc) is 3.12. The molecule has 188 valence electrons. The molecule has 0 bridgehead atoms. The third kappa shape index (κ3) is 7.07. The number of benzene rings is 3. The van der Waals surface area contributed by atoms with Crippen molar-refractivity contribution < 1.29 is 14.3 Å². The second-order valence-corrected chi connectivity index (χ2v) is 11.0. The van der Waals surface area contributed by atoms with E-state index in [1.807, 2.05) is 30.3 Å². The molecule has 0 N–H and O–H groups in total. The molecule has 36 heavy (non-hydrogen) atoms. The lowest BCUT2D eigenvalue weighted by atomic mass is 10.1. The topological polar surface area (TPSA) is 46.6 Å². The molecule has 6 heteroatoms. The summed E-state index contributed by atoms with van der Waals surface area (Å²) in [6.45, 7) is 1.26. The van der Waals surface area contributed by atoms with Crippen LogP contribution in [-0.2, 0) is 0 Å². The Morgan fingerprint density at radius 3 is 1.72 bits per heavy atom. The first-order valence-electron chi connectivity index (χ1n) is 12.7. The van der Waals surface area contributed by atoms with Crippen LogP contribution in [0.15, 0.2) is 75.7 Å². The first-order valence-corrected chi connectivity index (χ1v) is 14.3. The van der Waals surface area contributed by atoms with Crippen molar-refractivity contribution in [2.45, 2.75) is 51.4 Å². The summed E-state index contributed by atoms with van der Waals surface area (Å²) in [5.41, 5.74) is 3.40. The number of fused-ring (bicyclic) bond motifs is 1. The molecule has 4 nitrogen and oxygen atoms in total. The zero-order valence-electron chi connectivity index (χ0n) is 20.3. The van der Waals surface area contributed by atoms with Gasteiger partial charge < -0.3 is 4.74 Å². The summed E-state index contributed by atoms with van der Waals surface area (Å²) in [6, 6.07) is 21.6. The minimum absolute atomic E-state index is 0.147. The summed E-state index contributed by atoms with van der Waals surface area (Å²) in [6.07, 6.45) is 8.89. The molecule has 0 unspecified atom stereocenters. The second-order valence-electron chi connectivity index (χ2n) is 9.17. The van der Waals surface area contributed by atoms with E-state index < -0.39 is 0 Å². The van der Waals surface area contributed by atoms with Crippen molar-refractivity contribution in [2.75, 3.05) is 13.2 Å². The number of rotatable bonds is 13. The zero-order valence-corrected chi connectivity index (χ0v) is 23.5. The van der Waals surface area contributed by atoms with Gasteiger partial charge in [-0.3, -0.25) is 14.5 Å². The highest BCUT2D eigenvalue weighted by molar-refractivity contribution is 9.11. The summed E-state index contributed by atoms with van der Waals surface area (Å²) < 4.78 is 8.01. The van der Waals surface area contributed by atoms with Crippen LogP contribution in [0.2, 0.25) is 0 Å². The summed E-state index contributed by atoms with van der Waals surface area (Å²) in [5.74, 6) is 0.615. The molecule has 4 rings (SSSR count). The van der Waals surface area contributed by atoms with Crippen LogP contribution >= 0.6 is 31.9 Å². The van der Waals surface area contributed by atoms with Crippen LogP contribution in [0.25, 0.3) is 11.1 Å². The van der Waals surface area contributed by atoms with Crippen molar-refractivity contribution in [3.63, 3.8) is 0 Å². The molecule has 0 fully saturated rings. The van der Waals surface area contributed by atoms with E-state index in [-0.39, 0.29) is 11.8 Å². The quantitative estimate of drug-likeness (QED) is 0.143. The van der Waals surface area contributed by atoms with Gasteiger partial charge in [0.2, 0.25) is 0 Å². The molecule has 0 atom stereocenters. The highest BCUT2D eigenvalue weighted by Crippen LogP contribution is 2.29. The van der Waals surface area contributed by atoms with E-state index in [1.165, 1.54) is 30.6 Å².